The molecule has 0 saturated carbocycles. The van der Waals surface area contributed by atoms with Crippen LogP contribution in [0.15, 0.2) is 0 Å². The van der Waals surface area contributed by atoms with Crippen LogP contribution < -0.4 is 11.1 Å². The predicted octanol–water partition coefficient (Wildman–Crippen LogP) is 1.83. The van der Waals surface area contributed by atoms with Crippen LogP contribution in [0, 0.1) is 0 Å². The zero-order chi connectivity index (χ0) is 15.2. The number of rotatable bonds is 7. The van der Waals surface area contributed by atoms with Crippen LogP contribution in [0.1, 0.15) is 59.3 Å². The SMILES string of the molecule is CC(C)(C)N1CC(NC(=O)CCCCCCN)CC1=O.Cl. The molecule has 0 aromatic rings. The molecular weight excluding hydrogens is 290 g/mol. The lowest BCUT2D eigenvalue weighted by Crippen LogP contribution is -2.44. The summed E-state index contributed by atoms with van der Waals surface area (Å²) in [6.45, 7) is 7.41. The van der Waals surface area contributed by atoms with Crippen LogP contribution in [0.4, 0.5) is 0 Å². The number of nitrogens with zero attached hydrogens (tertiary/aromatic N) is 1. The van der Waals surface area contributed by atoms with Crippen molar-refractivity contribution in [1.82, 2.24) is 10.2 Å². The molecular formula is C15H30ClN3O2. The average molecular weight is 320 g/mol. The Morgan fingerprint density at radius 3 is 2.43 bits per heavy atom. The van der Waals surface area contributed by atoms with Gasteiger partial charge in [0.25, 0.3) is 0 Å². The Labute approximate surface area is 134 Å². The molecule has 1 atom stereocenters. The Balaban J connectivity index is 0.00000400. The Morgan fingerprint density at radius 2 is 1.90 bits per heavy atom. The van der Waals surface area contributed by atoms with Crippen molar-refractivity contribution in [2.75, 3.05) is 13.1 Å². The van der Waals surface area contributed by atoms with Crippen molar-refractivity contribution in [3.05, 3.63) is 0 Å². The highest BCUT2D eigenvalue weighted by Crippen LogP contribution is 2.21. The van der Waals surface area contributed by atoms with Crippen LogP contribution in [0.25, 0.3) is 0 Å². The van der Waals surface area contributed by atoms with E-state index in [1.54, 1.807) is 0 Å². The number of nitrogens with two attached hydrogens (primary N) is 1. The van der Waals surface area contributed by atoms with E-state index in [1.807, 2.05) is 25.7 Å². The smallest absolute Gasteiger partial charge is 0.225 e. The van der Waals surface area contributed by atoms with Gasteiger partial charge in [-0.25, -0.2) is 0 Å². The van der Waals surface area contributed by atoms with E-state index in [9.17, 15) is 9.59 Å². The third-order valence-electron chi connectivity index (χ3n) is 3.66. The van der Waals surface area contributed by atoms with Gasteiger partial charge in [0.05, 0.1) is 6.04 Å². The first-order valence-corrected chi connectivity index (χ1v) is 7.64. The van der Waals surface area contributed by atoms with E-state index in [-0.39, 0.29) is 35.8 Å². The van der Waals surface area contributed by atoms with Crippen LogP contribution in [-0.2, 0) is 9.59 Å². The summed E-state index contributed by atoms with van der Waals surface area (Å²) in [6, 6.07) is -0.0294. The number of unbranched alkanes of at least 4 members (excludes halogenated alkanes) is 3. The maximum absolute atomic E-state index is 11.9. The van der Waals surface area contributed by atoms with Crippen LogP contribution in [0.5, 0.6) is 0 Å². The van der Waals surface area contributed by atoms with Crippen LogP contribution in [0.3, 0.4) is 0 Å². The molecule has 3 N–H and O–H groups in total. The summed E-state index contributed by atoms with van der Waals surface area (Å²) in [6.07, 6.45) is 5.03. The molecule has 1 fully saturated rings. The Morgan fingerprint density at radius 1 is 1.29 bits per heavy atom. The molecule has 1 aliphatic rings. The fourth-order valence-corrected chi connectivity index (χ4v) is 2.54. The number of carbonyl (C=O) groups excluding carboxylic acids is 2. The van der Waals surface area contributed by atoms with Crippen molar-refractivity contribution in [3.63, 3.8) is 0 Å². The molecule has 0 aromatic heterocycles. The maximum Gasteiger partial charge on any atom is 0.225 e. The number of nitrogens with one attached hydrogen (secondary N) is 1. The molecule has 6 heteroatoms. The predicted molar refractivity (Wildman–Crippen MR) is 87.4 cm³/mol. The highest BCUT2D eigenvalue weighted by molar-refractivity contribution is 5.85. The standard InChI is InChI=1S/C15H29N3O2.ClH/c1-15(2,3)18-11-12(10-14(18)20)17-13(19)8-6-4-5-7-9-16;/h12H,4-11,16H2,1-3H3,(H,17,19);1H. The summed E-state index contributed by atoms with van der Waals surface area (Å²) in [5.41, 5.74) is 5.26. The highest BCUT2D eigenvalue weighted by Gasteiger charge is 2.36. The molecule has 0 aromatic carbocycles. The Hall–Kier alpha value is -0.810. The van der Waals surface area contributed by atoms with E-state index >= 15 is 0 Å². The van der Waals surface area contributed by atoms with Gasteiger partial charge < -0.3 is 16.0 Å². The van der Waals surface area contributed by atoms with Gasteiger partial charge in [-0.15, -0.1) is 12.4 Å². The molecule has 5 nitrogen and oxygen atoms in total. The molecule has 21 heavy (non-hydrogen) atoms. The average Bonchev–Trinajstić information content (AvgIpc) is 2.69. The van der Waals surface area contributed by atoms with Crippen molar-refractivity contribution in [2.45, 2.75) is 70.9 Å². The summed E-state index contributed by atoms with van der Waals surface area (Å²) >= 11 is 0. The number of hydrogen-bond donors (Lipinski definition) is 2. The molecule has 1 aliphatic heterocycles. The normalized spacial score (nSPS) is 18.6. The fraction of sp³-hybridized carbons (Fsp3) is 0.867. The molecule has 0 spiro atoms. The third-order valence-corrected chi connectivity index (χ3v) is 3.66. The van der Waals surface area contributed by atoms with Gasteiger partial charge in [-0.2, -0.15) is 0 Å². The minimum atomic E-state index is -0.168. The van der Waals surface area contributed by atoms with Gasteiger partial charge in [0.2, 0.25) is 11.8 Å². The first kappa shape index (κ1) is 20.2. The summed E-state index contributed by atoms with van der Waals surface area (Å²) in [5, 5.41) is 2.98. The van der Waals surface area contributed by atoms with Crippen molar-refractivity contribution in [2.24, 2.45) is 5.73 Å². The van der Waals surface area contributed by atoms with Gasteiger partial charge in [-0.05, 0) is 40.2 Å². The zero-order valence-corrected chi connectivity index (χ0v) is 14.3. The number of likely N-dealkylation sites (tertiary alicyclic amines) is 1. The molecule has 1 heterocycles. The lowest BCUT2D eigenvalue weighted by Gasteiger charge is -2.32. The van der Waals surface area contributed by atoms with E-state index < -0.39 is 0 Å². The first-order chi connectivity index (χ1) is 9.34. The van der Waals surface area contributed by atoms with Gasteiger partial charge in [-0.1, -0.05) is 12.8 Å². The molecule has 2 amide bonds. The molecule has 1 unspecified atom stereocenters. The second kappa shape index (κ2) is 9.26. The van der Waals surface area contributed by atoms with E-state index in [2.05, 4.69) is 5.32 Å². The van der Waals surface area contributed by atoms with E-state index in [4.69, 9.17) is 5.73 Å². The number of carbonyl (C=O) groups is 2. The quantitative estimate of drug-likeness (QED) is 0.703. The maximum atomic E-state index is 11.9. The van der Waals surface area contributed by atoms with Crippen molar-refractivity contribution in [3.8, 4) is 0 Å². The van der Waals surface area contributed by atoms with Crippen LogP contribution >= 0.6 is 12.4 Å². The summed E-state index contributed by atoms with van der Waals surface area (Å²) in [7, 11) is 0. The van der Waals surface area contributed by atoms with Gasteiger partial charge in [0.1, 0.15) is 0 Å². The lowest BCUT2D eigenvalue weighted by atomic mass is 10.1. The van der Waals surface area contributed by atoms with Gasteiger partial charge in [-0.3, -0.25) is 9.59 Å². The van der Waals surface area contributed by atoms with Crippen LogP contribution in [0.2, 0.25) is 0 Å². The minimum Gasteiger partial charge on any atom is -0.351 e. The van der Waals surface area contributed by atoms with Gasteiger partial charge >= 0.3 is 0 Å². The van der Waals surface area contributed by atoms with E-state index in [0.29, 0.717) is 19.4 Å². The monoisotopic (exact) mass is 319 g/mol. The molecule has 124 valence electrons. The second-order valence-corrected chi connectivity index (χ2v) is 6.60. The molecule has 0 radical (unpaired) electrons. The van der Waals surface area contributed by atoms with Crippen molar-refractivity contribution in [1.29, 1.82) is 0 Å². The fourth-order valence-electron chi connectivity index (χ4n) is 2.54. The zero-order valence-electron chi connectivity index (χ0n) is 13.5. The van der Waals surface area contributed by atoms with E-state index in [0.717, 1.165) is 32.2 Å². The van der Waals surface area contributed by atoms with Gasteiger partial charge in [0.15, 0.2) is 0 Å². The number of hydrogen-bond acceptors (Lipinski definition) is 3. The summed E-state index contributed by atoms with van der Waals surface area (Å²) in [5.74, 6) is 0.192. The highest BCUT2D eigenvalue weighted by atomic mass is 35.5. The third kappa shape index (κ3) is 7.14. The molecule has 0 aliphatic carbocycles. The van der Waals surface area contributed by atoms with Crippen molar-refractivity contribution >= 4 is 24.2 Å². The molecule has 1 rings (SSSR count). The number of amides is 2. The van der Waals surface area contributed by atoms with Crippen LogP contribution in [-0.4, -0.2) is 41.4 Å². The molecule has 0 bridgehead atoms. The Kier molecular flexibility index (Phi) is 8.90. The second-order valence-electron chi connectivity index (χ2n) is 6.60. The summed E-state index contributed by atoms with van der Waals surface area (Å²) in [4.78, 5) is 25.6. The lowest BCUT2D eigenvalue weighted by molar-refractivity contribution is -0.131. The number of halogens is 1. The van der Waals surface area contributed by atoms with Crippen molar-refractivity contribution < 1.29 is 9.59 Å². The largest absolute Gasteiger partial charge is 0.351 e. The summed E-state index contributed by atoms with van der Waals surface area (Å²) < 4.78 is 0. The first-order valence-electron chi connectivity index (χ1n) is 7.64. The Bertz CT molecular complexity index is 342. The van der Waals surface area contributed by atoms with Gasteiger partial charge in [0, 0.05) is 24.9 Å². The minimum absolute atomic E-state index is 0. The molecule has 1 saturated heterocycles. The topological polar surface area (TPSA) is 75.4 Å². The van der Waals surface area contributed by atoms with E-state index in [1.165, 1.54) is 0 Å².